The van der Waals surface area contributed by atoms with Gasteiger partial charge in [0.05, 0.1) is 22.9 Å². The summed E-state index contributed by atoms with van der Waals surface area (Å²) in [5.74, 6) is -0.406. The maximum absolute atomic E-state index is 11.5. The van der Waals surface area contributed by atoms with Crippen LogP contribution in [0.15, 0.2) is 18.5 Å². The van der Waals surface area contributed by atoms with Crippen molar-refractivity contribution in [1.82, 2.24) is 9.55 Å². The van der Waals surface area contributed by atoms with Gasteiger partial charge < -0.3 is 16.0 Å². The molecule has 1 saturated carbocycles. The molecule has 106 valence electrons. The summed E-state index contributed by atoms with van der Waals surface area (Å²) in [6.07, 6.45) is 3.93. The van der Waals surface area contributed by atoms with E-state index < -0.39 is 11.4 Å². The smallest absolute Gasteiger partial charge is 0.237 e. The Bertz CT molecular complexity index is 690. The lowest BCUT2D eigenvalue weighted by Crippen LogP contribution is -2.49. The second kappa shape index (κ2) is 4.31. The Hall–Kier alpha value is -1.88. The molecule has 1 aliphatic rings. The molecule has 1 aliphatic carbocycles. The third kappa shape index (κ3) is 1.89. The van der Waals surface area contributed by atoms with Gasteiger partial charge in [-0.05, 0) is 56.4 Å². The van der Waals surface area contributed by atoms with Crippen LogP contribution in [0.25, 0.3) is 11.0 Å². The fourth-order valence-electron chi connectivity index (χ4n) is 3.08. The van der Waals surface area contributed by atoms with E-state index in [1.165, 1.54) is 11.1 Å². The minimum Gasteiger partial charge on any atom is -0.368 e. The van der Waals surface area contributed by atoms with E-state index in [0.29, 0.717) is 12.8 Å². The number of carbonyl (C=O) groups is 1. The van der Waals surface area contributed by atoms with Crippen molar-refractivity contribution in [2.45, 2.75) is 44.7 Å². The van der Waals surface area contributed by atoms with Crippen molar-refractivity contribution < 1.29 is 4.79 Å². The number of carbonyl (C=O) groups excluding carboxylic acids is 1. The standard InChI is InChI=1S/C15H20N4O/c1-9-5-12-13(6-10(9)2)19(8-18-12)11-3-4-15(17,7-11)14(16)20/h5-6,8,11H,3-4,7,17H2,1-2H3,(H2,16,20). The van der Waals surface area contributed by atoms with Gasteiger partial charge in [-0.25, -0.2) is 4.98 Å². The molecule has 1 heterocycles. The third-order valence-corrected chi connectivity index (χ3v) is 4.60. The highest BCUT2D eigenvalue weighted by molar-refractivity contribution is 5.85. The average molecular weight is 272 g/mol. The Labute approximate surface area is 118 Å². The number of hydrogen-bond donors (Lipinski definition) is 2. The molecule has 2 unspecified atom stereocenters. The van der Waals surface area contributed by atoms with Gasteiger partial charge in [0.15, 0.2) is 0 Å². The van der Waals surface area contributed by atoms with Crippen LogP contribution in [-0.4, -0.2) is 21.0 Å². The zero-order chi connectivity index (χ0) is 14.5. The number of rotatable bonds is 2. The average Bonchev–Trinajstić information content (AvgIpc) is 2.95. The maximum atomic E-state index is 11.5. The summed E-state index contributed by atoms with van der Waals surface area (Å²) in [6, 6.07) is 4.44. The number of imidazole rings is 1. The van der Waals surface area contributed by atoms with Crippen molar-refractivity contribution >= 4 is 16.9 Å². The lowest BCUT2D eigenvalue weighted by atomic mass is 9.98. The van der Waals surface area contributed by atoms with Gasteiger partial charge in [0.25, 0.3) is 0 Å². The largest absolute Gasteiger partial charge is 0.368 e. The van der Waals surface area contributed by atoms with Crippen molar-refractivity contribution in [3.05, 3.63) is 29.6 Å². The number of amides is 1. The van der Waals surface area contributed by atoms with Gasteiger partial charge in [-0.3, -0.25) is 4.79 Å². The highest BCUT2D eigenvalue weighted by atomic mass is 16.1. The van der Waals surface area contributed by atoms with E-state index in [1.54, 1.807) is 0 Å². The van der Waals surface area contributed by atoms with Crippen LogP contribution in [0.2, 0.25) is 0 Å². The van der Waals surface area contributed by atoms with Crippen molar-refractivity contribution in [3.8, 4) is 0 Å². The lowest BCUT2D eigenvalue weighted by molar-refractivity contribution is -0.123. The van der Waals surface area contributed by atoms with Crippen LogP contribution in [-0.2, 0) is 4.79 Å². The second-order valence-corrected chi connectivity index (χ2v) is 5.99. The SMILES string of the molecule is Cc1cc2ncn(C3CCC(N)(C(N)=O)C3)c2cc1C. The fraction of sp³-hybridized carbons (Fsp3) is 0.467. The quantitative estimate of drug-likeness (QED) is 0.869. The molecular weight excluding hydrogens is 252 g/mol. The molecule has 3 rings (SSSR count). The molecule has 1 aromatic carbocycles. The van der Waals surface area contributed by atoms with Crippen LogP contribution in [0.3, 0.4) is 0 Å². The first kappa shape index (κ1) is 13.1. The van der Waals surface area contributed by atoms with Crippen LogP contribution in [0.4, 0.5) is 0 Å². The van der Waals surface area contributed by atoms with E-state index in [0.717, 1.165) is 17.5 Å². The van der Waals surface area contributed by atoms with Gasteiger partial charge >= 0.3 is 0 Å². The maximum Gasteiger partial charge on any atom is 0.237 e. The van der Waals surface area contributed by atoms with Gasteiger partial charge in [0, 0.05) is 6.04 Å². The van der Waals surface area contributed by atoms with Gasteiger partial charge in [-0.2, -0.15) is 0 Å². The summed E-state index contributed by atoms with van der Waals surface area (Å²) in [5.41, 5.74) is 15.2. The number of fused-ring (bicyclic) bond motifs is 1. The summed E-state index contributed by atoms with van der Waals surface area (Å²) in [6.45, 7) is 4.18. The molecule has 0 spiro atoms. The Morgan fingerprint density at radius 1 is 1.40 bits per heavy atom. The van der Waals surface area contributed by atoms with Crippen molar-refractivity contribution in [2.24, 2.45) is 11.5 Å². The predicted octanol–water partition coefficient (Wildman–Crippen LogP) is 1.56. The number of hydrogen-bond acceptors (Lipinski definition) is 3. The summed E-state index contributed by atoms with van der Waals surface area (Å²) in [4.78, 5) is 15.9. The van der Waals surface area contributed by atoms with E-state index in [-0.39, 0.29) is 6.04 Å². The molecule has 0 radical (unpaired) electrons. The predicted molar refractivity (Wildman–Crippen MR) is 78.2 cm³/mol. The van der Waals surface area contributed by atoms with E-state index in [2.05, 4.69) is 35.5 Å². The van der Waals surface area contributed by atoms with Crippen molar-refractivity contribution in [3.63, 3.8) is 0 Å². The summed E-state index contributed by atoms with van der Waals surface area (Å²) in [5, 5.41) is 0. The highest BCUT2D eigenvalue weighted by Crippen LogP contribution is 2.37. The van der Waals surface area contributed by atoms with Crippen LogP contribution in [0.1, 0.15) is 36.4 Å². The molecule has 5 nitrogen and oxygen atoms in total. The van der Waals surface area contributed by atoms with Crippen molar-refractivity contribution in [2.75, 3.05) is 0 Å². The zero-order valence-corrected chi connectivity index (χ0v) is 11.9. The monoisotopic (exact) mass is 272 g/mol. The molecule has 2 aromatic rings. The Morgan fingerprint density at radius 3 is 2.75 bits per heavy atom. The van der Waals surface area contributed by atoms with E-state index in [4.69, 9.17) is 11.5 Å². The van der Waals surface area contributed by atoms with Crippen LogP contribution in [0, 0.1) is 13.8 Å². The first-order valence-corrected chi connectivity index (χ1v) is 6.93. The first-order chi connectivity index (χ1) is 9.40. The minimum atomic E-state index is -0.874. The molecule has 1 amide bonds. The number of nitrogens with two attached hydrogens (primary N) is 2. The van der Waals surface area contributed by atoms with E-state index >= 15 is 0 Å². The zero-order valence-electron chi connectivity index (χ0n) is 11.9. The van der Waals surface area contributed by atoms with Crippen LogP contribution < -0.4 is 11.5 Å². The number of nitrogens with zero attached hydrogens (tertiary/aromatic N) is 2. The molecule has 1 aromatic heterocycles. The molecule has 0 aliphatic heterocycles. The number of primary amides is 1. The molecule has 20 heavy (non-hydrogen) atoms. The Kier molecular flexibility index (Phi) is 2.83. The molecule has 0 bridgehead atoms. The third-order valence-electron chi connectivity index (χ3n) is 4.60. The Morgan fingerprint density at radius 2 is 2.10 bits per heavy atom. The fourth-order valence-corrected chi connectivity index (χ4v) is 3.08. The van der Waals surface area contributed by atoms with Gasteiger partial charge in [0.1, 0.15) is 0 Å². The number of benzene rings is 1. The topological polar surface area (TPSA) is 86.9 Å². The minimum absolute atomic E-state index is 0.194. The highest BCUT2D eigenvalue weighted by Gasteiger charge is 2.41. The molecule has 0 saturated heterocycles. The Balaban J connectivity index is 2.00. The molecule has 2 atom stereocenters. The molecule has 1 fully saturated rings. The lowest BCUT2D eigenvalue weighted by Gasteiger charge is -2.20. The van der Waals surface area contributed by atoms with E-state index in [9.17, 15) is 4.79 Å². The van der Waals surface area contributed by atoms with Crippen molar-refractivity contribution in [1.29, 1.82) is 0 Å². The number of aromatic nitrogens is 2. The summed E-state index contributed by atoms with van der Waals surface area (Å²) in [7, 11) is 0. The van der Waals surface area contributed by atoms with Crippen LogP contribution >= 0.6 is 0 Å². The van der Waals surface area contributed by atoms with Crippen LogP contribution in [0.5, 0.6) is 0 Å². The summed E-state index contributed by atoms with van der Waals surface area (Å²) >= 11 is 0. The molecule has 5 heteroatoms. The van der Waals surface area contributed by atoms with Gasteiger partial charge in [-0.15, -0.1) is 0 Å². The number of aryl methyl sites for hydroxylation is 2. The molecule has 4 N–H and O–H groups in total. The van der Waals surface area contributed by atoms with Gasteiger partial charge in [0.2, 0.25) is 5.91 Å². The molecular formula is C15H20N4O. The van der Waals surface area contributed by atoms with E-state index in [1.807, 2.05) is 6.33 Å². The van der Waals surface area contributed by atoms with Gasteiger partial charge in [-0.1, -0.05) is 0 Å². The second-order valence-electron chi connectivity index (χ2n) is 5.99. The first-order valence-electron chi connectivity index (χ1n) is 6.93. The summed E-state index contributed by atoms with van der Waals surface area (Å²) < 4.78 is 2.14. The normalized spacial score (nSPS) is 26.2.